The van der Waals surface area contributed by atoms with E-state index in [0.717, 1.165) is 37.8 Å². The molecular formula is C18H23ClIN5. The second-order valence-corrected chi connectivity index (χ2v) is 6.20. The molecule has 5 nitrogen and oxygen atoms in total. The molecule has 0 amide bonds. The zero-order valence-electron chi connectivity index (χ0n) is 14.2. The normalized spacial score (nSPS) is 17.1. The fourth-order valence-corrected chi connectivity index (χ4v) is 3.09. The molecule has 25 heavy (non-hydrogen) atoms. The molecule has 3 rings (SSSR count). The Morgan fingerprint density at radius 3 is 2.80 bits per heavy atom. The van der Waals surface area contributed by atoms with Gasteiger partial charge in [-0.25, -0.2) is 4.98 Å². The summed E-state index contributed by atoms with van der Waals surface area (Å²) in [4.78, 5) is 10.9. The standard InChI is InChI=1S/C18H22ClN5.HI/c1-20-18(22-12-14-6-3-2-4-7-14)23-15-9-11-24(13-15)17-16(19)8-5-10-21-17;/h2-8,10,15H,9,11-13H2,1H3,(H2,20,22,23);1H. The van der Waals surface area contributed by atoms with Crippen molar-refractivity contribution in [2.75, 3.05) is 25.0 Å². The van der Waals surface area contributed by atoms with E-state index in [1.54, 1.807) is 13.2 Å². The number of rotatable bonds is 4. The number of aliphatic imine (C=N–C) groups is 1. The van der Waals surface area contributed by atoms with Crippen LogP contribution in [-0.2, 0) is 6.54 Å². The summed E-state index contributed by atoms with van der Waals surface area (Å²) in [5.41, 5.74) is 1.23. The number of nitrogens with one attached hydrogen (secondary N) is 2. The van der Waals surface area contributed by atoms with Crippen LogP contribution in [0.1, 0.15) is 12.0 Å². The third-order valence-electron chi connectivity index (χ3n) is 4.09. The number of aromatic nitrogens is 1. The number of guanidine groups is 1. The summed E-state index contributed by atoms with van der Waals surface area (Å²) < 4.78 is 0. The molecule has 1 aliphatic rings. The lowest BCUT2D eigenvalue weighted by Gasteiger charge is -2.20. The van der Waals surface area contributed by atoms with Crippen molar-refractivity contribution >= 4 is 47.4 Å². The number of pyridine rings is 1. The summed E-state index contributed by atoms with van der Waals surface area (Å²) in [5, 5.41) is 7.54. The molecule has 1 fully saturated rings. The van der Waals surface area contributed by atoms with Crippen LogP contribution in [0.5, 0.6) is 0 Å². The molecule has 2 N–H and O–H groups in total. The van der Waals surface area contributed by atoms with Crippen LogP contribution in [-0.4, -0.2) is 37.1 Å². The van der Waals surface area contributed by atoms with Crippen molar-refractivity contribution in [2.45, 2.75) is 19.0 Å². The highest BCUT2D eigenvalue weighted by Gasteiger charge is 2.25. The van der Waals surface area contributed by atoms with Gasteiger partial charge in [-0.05, 0) is 24.1 Å². The van der Waals surface area contributed by atoms with Crippen molar-refractivity contribution in [1.82, 2.24) is 15.6 Å². The van der Waals surface area contributed by atoms with Gasteiger partial charge in [-0.2, -0.15) is 0 Å². The van der Waals surface area contributed by atoms with Gasteiger partial charge in [0.2, 0.25) is 0 Å². The predicted molar refractivity (Wildman–Crippen MR) is 115 cm³/mol. The minimum atomic E-state index is 0. The van der Waals surface area contributed by atoms with Gasteiger partial charge in [0.25, 0.3) is 0 Å². The molecule has 134 valence electrons. The highest BCUT2D eigenvalue weighted by Crippen LogP contribution is 2.25. The summed E-state index contributed by atoms with van der Waals surface area (Å²) in [7, 11) is 1.79. The second kappa shape index (κ2) is 9.82. The van der Waals surface area contributed by atoms with Crippen molar-refractivity contribution < 1.29 is 0 Å². The van der Waals surface area contributed by atoms with Gasteiger partial charge in [-0.15, -0.1) is 24.0 Å². The quantitative estimate of drug-likeness (QED) is 0.408. The van der Waals surface area contributed by atoms with Crippen molar-refractivity contribution in [2.24, 2.45) is 4.99 Å². The van der Waals surface area contributed by atoms with Crippen LogP contribution in [0.2, 0.25) is 5.02 Å². The fraction of sp³-hybridized carbons (Fsp3) is 0.333. The van der Waals surface area contributed by atoms with Crippen LogP contribution >= 0.6 is 35.6 Å². The van der Waals surface area contributed by atoms with Gasteiger partial charge in [0, 0.05) is 38.9 Å². The maximum atomic E-state index is 6.24. The lowest BCUT2D eigenvalue weighted by Crippen LogP contribution is -2.44. The first kappa shape index (κ1) is 19.8. The SMILES string of the molecule is CN=C(NCc1ccccc1)NC1CCN(c2ncccc2Cl)C1.I. The summed E-state index contributed by atoms with van der Waals surface area (Å²) in [6, 6.07) is 14.4. The van der Waals surface area contributed by atoms with E-state index in [9.17, 15) is 0 Å². The van der Waals surface area contributed by atoms with Gasteiger partial charge in [0.15, 0.2) is 5.96 Å². The van der Waals surface area contributed by atoms with Crippen LogP contribution in [0.4, 0.5) is 5.82 Å². The largest absolute Gasteiger partial charge is 0.353 e. The molecule has 0 spiro atoms. The van der Waals surface area contributed by atoms with E-state index in [4.69, 9.17) is 11.6 Å². The van der Waals surface area contributed by atoms with E-state index in [1.165, 1.54) is 5.56 Å². The van der Waals surface area contributed by atoms with E-state index < -0.39 is 0 Å². The molecule has 0 aliphatic carbocycles. The Bertz CT molecular complexity index is 695. The van der Waals surface area contributed by atoms with Crippen LogP contribution in [0.3, 0.4) is 0 Å². The van der Waals surface area contributed by atoms with Crippen molar-refractivity contribution in [3.05, 3.63) is 59.2 Å². The summed E-state index contributed by atoms with van der Waals surface area (Å²) in [6.07, 6.45) is 2.81. The van der Waals surface area contributed by atoms with E-state index in [2.05, 4.69) is 37.6 Å². The smallest absolute Gasteiger partial charge is 0.191 e. The molecule has 2 heterocycles. The number of nitrogens with zero attached hydrogens (tertiary/aromatic N) is 3. The van der Waals surface area contributed by atoms with Crippen molar-refractivity contribution in [1.29, 1.82) is 0 Å². The molecule has 1 unspecified atom stereocenters. The summed E-state index contributed by atoms with van der Waals surface area (Å²) in [6.45, 7) is 2.55. The average molecular weight is 472 g/mol. The van der Waals surface area contributed by atoms with Gasteiger partial charge in [0.05, 0.1) is 5.02 Å². The van der Waals surface area contributed by atoms with Crippen LogP contribution in [0.15, 0.2) is 53.7 Å². The minimum absolute atomic E-state index is 0. The van der Waals surface area contributed by atoms with E-state index in [1.807, 2.05) is 30.3 Å². The number of halogens is 2. The first-order valence-electron chi connectivity index (χ1n) is 8.13. The van der Waals surface area contributed by atoms with Gasteiger partial charge in [0.1, 0.15) is 5.82 Å². The molecule has 7 heteroatoms. The van der Waals surface area contributed by atoms with Gasteiger partial charge in [-0.1, -0.05) is 41.9 Å². The predicted octanol–water partition coefficient (Wildman–Crippen LogP) is 3.30. The Hall–Kier alpha value is -1.54. The number of anilines is 1. The Labute approximate surface area is 170 Å². The van der Waals surface area contributed by atoms with E-state index in [0.29, 0.717) is 11.1 Å². The highest BCUT2D eigenvalue weighted by atomic mass is 127. The zero-order valence-corrected chi connectivity index (χ0v) is 17.2. The molecule has 1 atom stereocenters. The summed E-state index contributed by atoms with van der Waals surface area (Å²) >= 11 is 6.24. The molecule has 0 saturated carbocycles. The first-order chi connectivity index (χ1) is 11.8. The van der Waals surface area contributed by atoms with E-state index in [-0.39, 0.29) is 24.0 Å². The number of benzene rings is 1. The lowest BCUT2D eigenvalue weighted by molar-refractivity contribution is 0.648. The maximum absolute atomic E-state index is 6.24. The monoisotopic (exact) mass is 471 g/mol. The molecule has 1 saturated heterocycles. The topological polar surface area (TPSA) is 52.6 Å². The van der Waals surface area contributed by atoms with Gasteiger partial charge >= 0.3 is 0 Å². The summed E-state index contributed by atoms with van der Waals surface area (Å²) in [5.74, 6) is 1.67. The molecule has 1 aliphatic heterocycles. The van der Waals surface area contributed by atoms with E-state index >= 15 is 0 Å². The fourth-order valence-electron chi connectivity index (χ4n) is 2.85. The lowest BCUT2D eigenvalue weighted by atomic mass is 10.2. The van der Waals surface area contributed by atoms with Crippen molar-refractivity contribution in [3.8, 4) is 0 Å². The zero-order chi connectivity index (χ0) is 16.8. The Balaban J connectivity index is 0.00000225. The second-order valence-electron chi connectivity index (χ2n) is 5.80. The molecule has 0 radical (unpaired) electrons. The molecular weight excluding hydrogens is 449 g/mol. The maximum Gasteiger partial charge on any atom is 0.191 e. The Kier molecular flexibility index (Phi) is 7.77. The number of hydrogen-bond acceptors (Lipinski definition) is 3. The molecule has 2 aromatic rings. The Morgan fingerprint density at radius 2 is 2.08 bits per heavy atom. The van der Waals surface area contributed by atoms with Crippen LogP contribution < -0.4 is 15.5 Å². The van der Waals surface area contributed by atoms with Gasteiger partial charge in [-0.3, -0.25) is 4.99 Å². The van der Waals surface area contributed by atoms with Gasteiger partial charge < -0.3 is 15.5 Å². The Morgan fingerprint density at radius 1 is 1.28 bits per heavy atom. The first-order valence-corrected chi connectivity index (χ1v) is 8.50. The molecule has 1 aromatic heterocycles. The van der Waals surface area contributed by atoms with Crippen LogP contribution in [0, 0.1) is 0 Å². The third kappa shape index (κ3) is 5.47. The molecule has 1 aromatic carbocycles. The minimum Gasteiger partial charge on any atom is -0.353 e. The van der Waals surface area contributed by atoms with Crippen LogP contribution in [0.25, 0.3) is 0 Å². The number of hydrogen-bond donors (Lipinski definition) is 2. The molecule has 0 bridgehead atoms. The highest BCUT2D eigenvalue weighted by molar-refractivity contribution is 14.0. The van der Waals surface area contributed by atoms with Crippen molar-refractivity contribution in [3.63, 3.8) is 0 Å². The average Bonchev–Trinajstić information content (AvgIpc) is 3.08. The third-order valence-corrected chi connectivity index (χ3v) is 4.39.